The standard InChI is InChI=1S/C20H16FN3O7S/c1-2-31-15-8-11(7-14(18(15)26)24(29)30)9-16-19(27)23(20(28)32-16)10-17(25)22-13-5-3-12(21)4-6-13/h3-9,26H,2,10H2,1H3,(H,22,25)/b16-9-. The molecule has 1 aliphatic rings. The van der Waals surface area contributed by atoms with E-state index in [1.807, 2.05) is 0 Å². The maximum atomic E-state index is 13.0. The molecule has 0 unspecified atom stereocenters. The fourth-order valence-corrected chi connectivity index (χ4v) is 3.61. The molecule has 0 saturated carbocycles. The Morgan fingerprint density at radius 2 is 2.00 bits per heavy atom. The number of nitro groups is 1. The number of rotatable bonds is 7. The molecule has 3 amide bonds. The van der Waals surface area contributed by atoms with Crippen LogP contribution in [0.3, 0.4) is 0 Å². The van der Waals surface area contributed by atoms with Crippen molar-refractivity contribution in [1.82, 2.24) is 4.90 Å². The van der Waals surface area contributed by atoms with E-state index in [0.717, 1.165) is 18.2 Å². The average Bonchev–Trinajstić information content (AvgIpc) is 2.99. The predicted octanol–water partition coefficient (Wildman–Crippen LogP) is 3.51. The Kier molecular flexibility index (Phi) is 6.73. The van der Waals surface area contributed by atoms with E-state index < -0.39 is 45.8 Å². The van der Waals surface area contributed by atoms with Crippen LogP contribution in [0.25, 0.3) is 6.08 Å². The fourth-order valence-electron chi connectivity index (χ4n) is 2.77. The van der Waals surface area contributed by atoms with Crippen molar-refractivity contribution >= 4 is 46.3 Å². The number of imide groups is 1. The van der Waals surface area contributed by atoms with Crippen molar-refractivity contribution in [3.63, 3.8) is 0 Å². The van der Waals surface area contributed by atoms with Crippen molar-refractivity contribution in [2.45, 2.75) is 6.92 Å². The largest absolute Gasteiger partial charge is 0.500 e. The van der Waals surface area contributed by atoms with Gasteiger partial charge in [-0.15, -0.1) is 0 Å². The van der Waals surface area contributed by atoms with Gasteiger partial charge in [-0.2, -0.15) is 0 Å². The molecule has 0 spiro atoms. The van der Waals surface area contributed by atoms with Crippen molar-refractivity contribution in [2.75, 3.05) is 18.5 Å². The smallest absolute Gasteiger partial charge is 0.315 e. The van der Waals surface area contributed by atoms with E-state index in [2.05, 4.69) is 5.32 Å². The number of phenols is 1. The Morgan fingerprint density at radius 3 is 2.62 bits per heavy atom. The second-order valence-corrected chi connectivity index (χ2v) is 7.39. The molecular weight excluding hydrogens is 445 g/mol. The lowest BCUT2D eigenvalue weighted by Crippen LogP contribution is -2.36. The zero-order valence-corrected chi connectivity index (χ0v) is 17.3. The maximum absolute atomic E-state index is 13.0. The molecule has 2 aromatic carbocycles. The summed E-state index contributed by atoms with van der Waals surface area (Å²) in [5, 5.41) is 22.9. The molecule has 0 atom stereocenters. The first-order chi connectivity index (χ1) is 15.2. The van der Waals surface area contributed by atoms with Crippen LogP contribution >= 0.6 is 11.8 Å². The summed E-state index contributed by atoms with van der Waals surface area (Å²) >= 11 is 0.560. The Bertz CT molecular complexity index is 1130. The monoisotopic (exact) mass is 461 g/mol. The molecule has 0 bridgehead atoms. The molecule has 1 aliphatic heterocycles. The van der Waals surface area contributed by atoms with Gasteiger partial charge in [0.15, 0.2) is 5.75 Å². The van der Waals surface area contributed by atoms with Crippen LogP contribution in [0.1, 0.15) is 12.5 Å². The quantitative estimate of drug-likeness (QED) is 0.363. The number of hydrogen-bond donors (Lipinski definition) is 2. The third-order valence-corrected chi connectivity index (χ3v) is 5.08. The molecule has 1 heterocycles. The third-order valence-electron chi connectivity index (χ3n) is 4.17. The summed E-state index contributed by atoms with van der Waals surface area (Å²) in [5.41, 5.74) is -0.182. The van der Waals surface area contributed by atoms with Crippen LogP contribution in [0.4, 0.5) is 20.6 Å². The van der Waals surface area contributed by atoms with Crippen LogP contribution in [-0.4, -0.2) is 45.1 Å². The molecule has 1 saturated heterocycles. The fraction of sp³-hybridized carbons (Fsp3) is 0.150. The van der Waals surface area contributed by atoms with Gasteiger partial charge in [-0.3, -0.25) is 29.4 Å². The minimum Gasteiger partial charge on any atom is -0.500 e. The highest BCUT2D eigenvalue weighted by atomic mass is 32.2. The van der Waals surface area contributed by atoms with Gasteiger partial charge >= 0.3 is 5.69 Å². The topological polar surface area (TPSA) is 139 Å². The number of anilines is 1. The minimum absolute atomic E-state index is 0.0629. The van der Waals surface area contributed by atoms with Gasteiger partial charge in [0.25, 0.3) is 11.1 Å². The Hall–Kier alpha value is -3.93. The number of halogens is 1. The molecule has 0 radical (unpaired) electrons. The summed E-state index contributed by atoms with van der Waals surface area (Å²) in [6, 6.07) is 7.27. The number of nitrogens with one attached hydrogen (secondary N) is 1. The summed E-state index contributed by atoms with van der Waals surface area (Å²) in [5.74, 6) is -2.71. The van der Waals surface area contributed by atoms with Gasteiger partial charge in [0.05, 0.1) is 16.4 Å². The van der Waals surface area contributed by atoms with E-state index in [9.17, 15) is 34.0 Å². The van der Waals surface area contributed by atoms with E-state index in [1.165, 1.54) is 24.3 Å². The highest BCUT2D eigenvalue weighted by Gasteiger charge is 2.36. The maximum Gasteiger partial charge on any atom is 0.315 e. The van der Waals surface area contributed by atoms with Crippen LogP contribution < -0.4 is 10.1 Å². The highest BCUT2D eigenvalue weighted by molar-refractivity contribution is 8.18. The third kappa shape index (κ3) is 5.03. The molecule has 0 aromatic heterocycles. The Labute approximate surface area is 184 Å². The zero-order valence-electron chi connectivity index (χ0n) is 16.5. The lowest BCUT2D eigenvalue weighted by atomic mass is 10.1. The number of amides is 3. The van der Waals surface area contributed by atoms with Gasteiger partial charge in [0.2, 0.25) is 11.7 Å². The molecule has 10 nitrogen and oxygen atoms in total. The van der Waals surface area contributed by atoms with Gasteiger partial charge in [-0.1, -0.05) is 0 Å². The average molecular weight is 461 g/mol. The normalized spacial score (nSPS) is 14.7. The molecule has 2 N–H and O–H groups in total. The highest BCUT2D eigenvalue weighted by Crippen LogP contribution is 2.39. The number of carbonyl (C=O) groups excluding carboxylic acids is 3. The number of carbonyl (C=O) groups is 3. The lowest BCUT2D eigenvalue weighted by Gasteiger charge is -2.12. The van der Waals surface area contributed by atoms with Gasteiger partial charge < -0.3 is 15.2 Å². The van der Waals surface area contributed by atoms with E-state index in [0.29, 0.717) is 22.3 Å². The molecule has 166 valence electrons. The molecule has 1 fully saturated rings. The minimum atomic E-state index is -0.805. The molecule has 3 rings (SSSR count). The second-order valence-electron chi connectivity index (χ2n) is 6.40. The summed E-state index contributed by atoms with van der Waals surface area (Å²) in [4.78, 5) is 48.1. The van der Waals surface area contributed by atoms with Crippen LogP contribution in [0.15, 0.2) is 41.3 Å². The number of aromatic hydroxyl groups is 1. The van der Waals surface area contributed by atoms with Crippen LogP contribution in [-0.2, 0) is 9.59 Å². The van der Waals surface area contributed by atoms with Crippen molar-refractivity contribution in [2.24, 2.45) is 0 Å². The second kappa shape index (κ2) is 9.47. The number of ether oxygens (including phenoxy) is 1. The lowest BCUT2D eigenvalue weighted by molar-refractivity contribution is -0.386. The molecule has 32 heavy (non-hydrogen) atoms. The summed E-state index contributed by atoms with van der Waals surface area (Å²) in [7, 11) is 0. The Morgan fingerprint density at radius 1 is 1.31 bits per heavy atom. The van der Waals surface area contributed by atoms with E-state index in [4.69, 9.17) is 4.74 Å². The first kappa shape index (κ1) is 22.7. The van der Waals surface area contributed by atoms with Crippen LogP contribution in [0.5, 0.6) is 11.5 Å². The number of thioether (sulfide) groups is 1. The van der Waals surface area contributed by atoms with E-state index in [-0.39, 0.29) is 22.8 Å². The van der Waals surface area contributed by atoms with Crippen LogP contribution in [0, 0.1) is 15.9 Å². The van der Waals surface area contributed by atoms with Gasteiger partial charge in [0, 0.05) is 11.8 Å². The SMILES string of the molecule is CCOc1cc(/C=C2\SC(=O)N(CC(=O)Nc3ccc(F)cc3)C2=O)cc([N+](=O)[O-])c1O. The van der Waals surface area contributed by atoms with E-state index in [1.54, 1.807) is 6.92 Å². The molecule has 2 aromatic rings. The Balaban J connectivity index is 1.79. The predicted molar refractivity (Wildman–Crippen MR) is 114 cm³/mol. The van der Waals surface area contributed by atoms with Crippen molar-refractivity contribution in [3.8, 4) is 11.5 Å². The zero-order chi connectivity index (χ0) is 23.4. The summed E-state index contributed by atoms with van der Waals surface area (Å²) in [6.45, 7) is 1.19. The number of hydrogen-bond acceptors (Lipinski definition) is 8. The number of phenolic OH excluding ortho intramolecular Hbond substituents is 1. The van der Waals surface area contributed by atoms with Crippen molar-refractivity contribution in [1.29, 1.82) is 0 Å². The molecule has 0 aliphatic carbocycles. The first-order valence-electron chi connectivity index (χ1n) is 9.14. The molecular formula is C20H16FN3O7S. The van der Waals surface area contributed by atoms with Gasteiger partial charge in [0.1, 0.15) is 12.4 Å². The molecule has 12 heteroatoms. The summed E-state index contributed by atoms with van der Waals surface area (Å²) in [6.07, 6.45) is 1.23. The number of benzene rings is 2. The number of nitrogens with zero attached hydrogens (tertiary/aromatic N) is 2. The van der Waals surface area contributed by atoms with Crippen LogP contribution in [0.2, 0.25) is 0 Å². The van der Waals surface area contributed by atoms with Gasteiger partial charge in [-0.25, -0.2) is 4.39 Å². The van der Waals surface area contributed by atoms with Crippen molar-refractivity contribution in [3.05, 3.63) is 62.8 Å². The number of nitro benzene ring substituents is 1. The first-order valence-corrected chi connectivity index (χ1v) is 9.96. The summed E-state index contributed by atoms with van der Waals surface area (Å²) < 4.78 is 18.1. The van der Waals surface area contributed by atoms with Gasteiger partial charge in [-0.05, 0) is 60.7 Å². The van der Waals surface area contributed by atoms with Crippen molar-refractivity contribution < 1.29 is 33.5 Å². The van der Waals surface area contributed by atoms with E-state index >= 15 is 0 Å².